The standard InChI is InChI=1S/C28H26N6O/c1-19-17-20(2)34(33-19)27-26(31-24-13-6-7-14-25(24)32-27)30-23-12-8-11-22(18-23)28(35)29-16-15-21-9-4-3-5-10-21/h3-14,17-18H,15-16H2,1-2H3,(H,29,35)(H,30,31). The van der Waals surface area contributed by atoms with Crippen LogP contribution >= 0.6 is 0 Å². The van der Waals surface area contributed by atoms with E-state index in [0.717, 1.165) is 34.5 Å². The molecule has 0 saturated carbocycles. The zero-order valence-corrected chi connectivity index (χ0v) is 19.7. The van der Waals surface area contributed by atoms with Crippen molar-refractivity contribution in [3.05, 3.63) is 107 Å². The molecule has 0 radical (unpaired) electrons. The van der Waals surface area contributed by atoms with Crippen molar-refractivity contribution in [3.63, 3.8) is 0 Å². The van der Waals surface area contributed by atoms with Gasteiger partial charge < -0.3 is 10.6 Å². The van der Waals surface area contributed by atoms with Gasteiger partial charge in [0.25, 0.3) is 5.91 Å². The summed E-state index contributed by atoms with van der Waals surface area (Å²) in [5.74, 6) is 1.05. The molecular weight excluding hydrogens is 436 g/mol. The predicted octanol–water partition coefficient (Wildman–Crippen LogP) is 5.15. The minimum atomic E-state index is -0.118. The van der Waals surface area contributed by atoms with Gasteiger partial charge in [-0.05, 0) is 62.2 Å². The van der Waals surface area contributed by atoms with Crippen LogP contribution in [-0.2, 0) is 6.42 Å². The molecule has 0 saturated heterocycles. The van der Waals surface area contributed by atoms with E-state index in [4.69, 9.17) is 9.97 Å². The number of aromatic nitrogens is 4. The van der Waals surface area contributed by atoms with Crippen LogP contribution in [-0.4, -0.2) is 32.2 Å². The number of carbonyl (C=O) groups is 1. The van der Waals surface area contributed by atoms with Gasteiger partial charge in [-0.2, -0.15) is 5.10 Å². The molecule has 0 fully saturated rings. The Kier molecular flexibility index (Phi) is 6.22. The summed E-state index contributed by atoms with van der Waals surface area (Å²) in [6.45, 7) is 4.50. The van der Waals surface area contributed by atoms with Gasteiger partial charge in [0.15, 0.2) is 11.6 Å². The molecule has 0 bridgehead atoms. The van der Waals surface area contributed by atoms with Gasteiger partial charge in [0.05, 0.1) is 16.7 Å². The number of nitrogens with one attached hydrogen (secondary N) is 2. The van der Waals surface area contributed by atoms with E-state index >= 15 is 0 Å². The molecule has 2 heterocycles. The van der Waals surface area contributed by atoms with Crippen molar-refractivity contribution in [1.29, 1.82) is 0 Å². The number of benzene rings is 3. The van der Waals surface area contributed by atoms with E-state index in [0.29, 0.717) is 23.7 Å². The Morgan fingerprint density at radius 1 is 0.857 bits per heavy atom. The van der Waals surface area contributed by atoms with Gasteiger partial charge in [-0.25, -0.2) is 14.6 Å². The molecule has 35 heavy (non-hydrogen) atoms. The lowest BCUT2D eigenvalue weighted by Gasteiger charge is -2.14. The zero-order chi connectivity index (χ0) is 24.2. The molecular formula is C28H26N6O. The summed E-state index contributed by atoms with van der Waals surface area (Å²) >= 11 is 0. The summed E-state index contributed by atoms with van der Waals surface area (Å²) in [6.07, 6.45) is 0.781. The first-order valence-corrected chi connectivity index (χ1v) is 11.6. The molecule has 0 aliphatic rings. The number of rotatable bonds is 7. The minimum absolute atomic E-state index is 0.118. The van der Waals surface area contributed by atoms with Crippen LogP contribution in [0.2, 0.25) is 0 Å². The predicted molar refractivity (Wildman–Crippen MR) is 138 cm³/mol. The first kappa shape index (κ1) is 22.3. The summed E-state index contributed by atoms with van der Waals surface area (Å²) < 4.78 is 1.79. The second-order valence-corrected chi connectivity index (χ2v) is 8.42. The van der Waals surface area contributed by atoms with Crippen molar-refractivity contribution >= 4 is 28.4 Å². The normalized spacial score (nSPS) is 10.9. The van der Waals surface area contributed by atoms with Gasteiger partial charge in [0.1, 0.15) is 0 Å². The number of para-hydroxylation sites is 2. The maximum atomic E-state index is 12.8. The van der Waals surface area contributed by atoms with E-state index < -0.39 is 0 Å². The largest absolute Gasteiger partial charge is 0.352 e. The monoisotopic (exact) mass is 462 g/mol. The highest BCUT2D eigenvalue weighted by molar-refractivity contribution is 5.95. The van der Waals surface area contributed by atoms with Crippen LogP contribution in [0.4, 0.5) is 11.5 Å². The van der Waals surface area contributed by atoms with Gasteiger partial charge in [0.2, 0.25) is 0 Å². The molecule has 5 rings (SSSR count). The summed E-state index contributed by atoms with van der Waals surface area (Å²) in [5.41, 5.74) is 5.92. The second-order valence-electron chi connectivity index (χ2n) is 8.42. The van der Waals surface area contributed by atoms with Crippen LogP contribution < -0.4 is 10.6 Å². The van der Waals surface area contributed by atoms with Crippen LogP contribution in [0.15, 0.2) is 84.9 Å². The average molecular weight is 463 g/mol. The molecule has 2 N–H and O–H groups in total. The smallest absolute Gasteiger partial charge is 0.251 e. The summed E-state index contributed by atoms with van der Waals surface area (Å²) in [7, 11) is 0. The lowest BCUT2D eigenvalue weighted by molar-refractivity contribution is 0.0954. The molecule has 1 amide bonds. The van der Waals surface area contributed by atoms with Crippen molar-refractivity contribution in [2.75, 3.05) is 11.9 Å². The van der Waals surface area contributed by atoms with Gasteiger partial charge in [-0.1, -0.05) is 48.5 Å². The highest BCUT2D eigenvalue weighted by Crippen LogP contribution is 2.25. The van der Waals surface area contributed by atoms with Gasteiger partial charge >= 0.3 is 0 Å². The number of amides is 1. The summed E-state index contributed by atoms with van der Waals surface area (Å²) in [6, 6.07) is 27.2. The number of anilines is 2. The number of hydrogen-bond acceptors (Lipinski definition) is 5. The molecule has 0 spiro atoms. The summed E-state index contributed by atoms with van der Waals surface area (Å²) in [5, 5.41) is 11.0. The average Bonchev–Trinajstić information content (AvgIpc) is 3.22. The maximum absolute atomic E-state index is 12.8. The van der Waals surface area contributed by atoms with Crippen molar-refractivity contribution < 1.29 is 4.79 Å². The Morgan fingerprint density at radius 3 is 2.34 bits per heavy atom. The fourth-order valence-electron chi connectivity index (χ4n) is 4.01. The van der Waals surface area contributed by atoms with Crippen molar-refractivity contribution in [1.82, 2.24) is 25.1 Å². The molecule has 7 nitrogen and oxygen atoms in total. The number of aryl methyl sites for hydroxylation is 2. The van der Waals surface area contributed by atoms with Gasteiger partial charge in [-0.15, -0.1) is 0 Å². The van der Waals surface area contributed by atoms with Crippen LogP contribution in [0.3, 0.4) is 0 Å². The lowest BCUT2D eigenvalue weighted by Crippen LogP contribution is -2.25. The van der Waals surface area contributed by atoms with E-state index in [1.807, 2.05) is 80.6 Å². The van der Waals surface area contributed by atoms with Crippen molar-refractivity contribution in [2.24, 2.45) is 0 Å². The molecule has 3 aromatic carbocycles. The molecule has 2 aromatic heterocycles. The van der Waals surface area contributed by atoms with Crippen LogP contribution in [0.5, 0.6) is 0 Å². The topological polar surface area (TPSA) is 84.7 Å². The Balaban J connectivity index is 1.40. The molecule has 0 aliphatic heterocycles. The first-order chi connectivity index (χ1) is 17.1. The third-order valence-electron chi connectivity index (χ3n) is 5.69. The Bertz CT molecular complexity index is 1490. The molecule has 0 unspecified atom stereocenters. The van der Waals surface area contributed by atoms with E-state index in [2.05, 4.69) is 27.9 Å². The Labute approximate surface area is 203 Å². The molecule has 5 aromatic rings. The number of hydrogen-bond donors (Lipinski definition) is 2. The highest BCUT2D eigenvalue weighted by Gasteiger charge is 2.15. The van der Waals surface area contributed by atoms with E-state index in [-0.39, 0.29) is 5.91 Å². The fraction of sp³-hybridized carbons (Fsp3) is 0.143. The van der Waals surface area contributed by atoms with Crippen LogP contribution in [0, 0.1) is 13.8 Å². The van der Waals surface area contributed by atoms with E-state index in [1.54, 1.807) is 10.7 Å². The Hall–Kier alpha value is -4.52. The van der Waals surface area contributed by atoms with Crippen LogP contribution in [0.1, 0.15) is 27.3 Å². The molecule has 7 heteroatoms. The molecule has 174 valence electrons. The SMILES string of the molecule is Cc1cc(C)n(-c2nc3ccccc3nc2Nc2cccc(C(=O)NCCc3ccccc3)c2)n1. The maximum Gasteiger partial charge on any atom is 0.251 e. The Morgan fingerprint density at radius 2 is 1.60 bits per heavy atom. The third-order valence-corrected chi connectivity index (χ3v) is 5.69. The number of nitrogens with zero attached hydrogens (tertiary/aromatic N) is 4. The lowest BCUT2D eigenvalue weighted by atomic mass is 10.1. The van der Waals surface area contributed by atoms with E-state index in [1.165, 1.54) is 5.56 Å². The first-order valence-electron chi connectivity index (χ1n) is 11.6. The third kappa shape index (κ3) is 5.04. The summed E-state index contributed by atoms with van der Waals surface area (Å²) in [4.78, 5) is 22.4. The number of carbonyl (C=O) groups excluding carboxylic acids is 1. The van der Waals surface area contributed by atoms with E-state index in [9.17, 15) is 4.79 Å². The van der Waals surface area contributed by atoms with Gasteiger partial charge in [-0.3, -0.25) is 4.79 Å². The fourth-order valence-corrected chi connectivity index (χ4v) is 4.01. The highest BCUT2D eigenvalue weighted by atomic mass is 16.1. The van der Waals surface area contributed by atoms with Crippen LogP contribution in [0.25, 0.3) is 16.9 Å². The number of fused-ring (bicyclic) bond motifs is 1. The zero-order valence-electron chi connectivity index (χ0n) is 19.7. The molecule has 0 aliphatic carbocycles. The quantitative estimate of drug-likeness (QED) is 0.349. The molecule has 0 atom stereocenters. The van der Waals surface area contributed by atoms with Crippen molar-refractivity contribution in [3.8, 4) is 5.82 Å². The van der Waals surface area contributed by atoms with Gasteiger partial charge in [0, 0.05) is 23.5 Å². The minimum Gasteiger partial charge on any atom is -0.352 e. The van der Waals surface area contributed by atoms with Crippen molar-refractivity contribution in [2.45, 2.75) is 20.3 Å². The second kappa shape index (κ2) is 9.77.